The number of β-lactam (4-membered cyclic amide) rings is 1. The minimum atomic E-state index is -4.04. The standard InChI is InChI=1S/C10H9BrClNO3S/c1-10(7-3-2-4-8(11)5-7)6-9(14)13(10)17(12,15)16/h2-5H,6H2,1H3. The molecule has 0 saturated carbocycles. The van der Waals surface area contributed by atoms with Gasteiger partial charge < -0.3 is 0 Å². The Balaban J connectivity index is 2.48. The van der Waals surface area contributed by atoms with Crippen LogP contribution < -0.4 is 0 Å². The maximum atomic E-state index is 11.4. The summed E-state index contributed by atoms with van der Waals surface area (Å²) in [6.45, 7) is 1.68. The Labute approximate surface area is 112 Å². The molecule has 7 heteroatoms. The highest BCUT2D eigenvalue weighted by molar-refractivity contribution is 9.10. The smallest absolute Gasteiger partial charge is 0.274 e. The Bertz CT molecular complexity index is 589. The Morgan fingerprint density at radius 1 is 1.47 bits per heavy atom. The average molecular weight is 339 g/mol. The molecule has 1 unspecified atom stereocenters. The van der Waals surface area contributed by atoms with Crippen molar-refractivity contribution in [1.82, 2.24) is 4.31 Å². The van der Waals surface area contributed by atoms with E-state index < -0.39 is 20.7 Å². The normalized spacial score (nSPS) is 24.6. The summed E-state index contributed by atoms with van der Waals surface area (Å²) in [5, 5.41) is 0. The highest BCUT2D eigenvalue weighted by Crippen LogP contribution is 2.44. The molecule has 1 aromatic rings. The highest BCUT2D eigenvalue weighted by Gasteiger charge is 2.54. The van der Waals surface area contributed by atoms with Crippen LogP contribution in [0.3, 0.4) is 0 Å². The first-order chi connectivity index (χ1) is 7.75. The van der Waals surface area contributed by atoms with E-state index in [4.69, 9.17) is 10.7 Å². The molecule has 4 nitrogen and oxygen atoms in total. The quantitative estimate of drug-likeness (QED) is 0.614. The third-order valence-corrected chi connectivity index (χ3v) is 4.78. The number of carbonyl (C=O) groups is 1. The Morgan fingerprint density at radius 3 is 2.59 bits per heavy atom. The van der Waals surface area contributed by atoms with Crippen LogP contribution in [0.25, 0.3) is 0 Å². The van der Waals surface area contributed by atoms with Crippen molar-refractivity contribution in [1.29, 1.82) is 0 Å². The fraction of sp³-hybridized carbons (Fsp3) is 0.300. The van der Waals surface area contributed by atoms with Crippen LogP contribution in [0.15, 0.2) is 28.7 Å². The second kappa shape index (κ2) is 3.96. The van der Waals surface area contributed by atoms with E-state index in [2.05, 4.69) is 15.9 Å². The summed E-state index contributed by atoms with van der Waals surface area (Å²) >= 11 is 3.31. The van der Waals surface area contributed by atoms with Gasteiger partial charge in [0.2, 0.25) is 5.91 Å². The predicted octanol–water partition coefficient (Wildman–Crippen LogP) is 2.38. The molecule has 0 N–H and O–H groups in total. The summed E-state index contributed by atoms with van der Waals surface area (Å²) in [4.78, 5) is 11.4. The molecule has 0 radical (unpaired) electrons. The van der Waals surface area contributed by atoms with Crippen LogP contribution >= 0.6 is 26.6 Å². The van der Waals surface area contributed by atoms with Crippen molar-refractivity contribution in [3.63, 3.8) is 0 Å². The molecule has 0 aliphatic carbocycles. The van der Waals surface area contributed by atoms with Gasteiger partial charge in [-0.1, -0.05) is 28.1 Å². The van der Waals surface area contributed by atoms with Gasteiger partial charge in [-0.25, -0.2) is 4.31 Å². The summed E-state index contributed by atoms with van der Waals surface area (Å²) in [6.07, 6.45) is 0.134. The monoisotopic (exact) mass is 337 g/mol. The lowest BCUT2D eigenvalue weighted by molar-refractivity contribution is -0.144. The third-order valence-electron chi connectivity index (χ3n) is 2.83. The van der Waals surface area contributed by atoms with E-state index in [0.29, 0.717) is 0 Å². The van der Waals surface area contributed by atoms with E-state index in [1.54, 1.807) is 25.1 Å². The van der Waals surface area contributed by atoms with Crippen LogP contribution in [0.4, 0.5) is 0 Å². The number of hydrogen-bond acceptors (Lipinski definition) is 3. The maximum Gasteiger partial charge on any atom is 0.324 e. The van der Waals surface area contributed by atoms with Gasteiger partial charge in [-0.15, -0.1) is 0 Å². The van der Waals surface area contributed by atoms with Crippen LogP contribution in [0.5, 0.6) is 0 Å². The SMILES string of the molecule is CC1(c2cccc(Br)c2)CC(=O)N1S(=O)(=O)Cl. The zero-order chi connectivity index (χ0) is 12.8. The molecule has 1 amide bonds. The second-order valence-corrected chi connectivity index (χ2v) is 7.34. The molecule has 1 saturated heterocycles. The molecule has 92 valence electrons. The molecular weight excluding hydrogens is 330 g/mol. The second-order valence-electron chi connectivity index (χ2n) is 4.06. The van der Waals surface area contributed by atoms with Crippen molar-refractivity contribution in [3.8, 4) is 0 Å². The minimum absolute atomic E-state index is 0.134. The lowest BCUT2D eigenvalue weighted by Crippen LogP contribution is -2.60. The molecule has 0 spiro atoms. The lowest BCUT2D eigenvalue weighted by Gasteiger charge is -2.47. The number of rotatable bonds is 2. The first-order valence-corrected chi connectivity index (χ1v) is 7.85. The molecule has 1 heterocycles. The van der Waals surface area contributed by atoms with Gasteiger partial charge in [-0.3, -0.25) is 4.79 Å². The van der Waals surface area contributed by atoms with Crippen molar-refractivity contribution in [2.45, 2.75) is 18.9 Å². The number of amides is 1. The molecule has 0 bridgehead atoms. The molecule has 17 heavy (non-hydrogen) atoms. The summed E-state index contributed by atoms with van der Waals surface area (Å²) in [6, 6.07) is 7.16. The third kappa shape index (κ3) is 2.09. The lowest BCUT2D eigenvalue weighted by atomic mass is 9.82. The Morgan fingerprint density at radius 2 is 2.12 bits per heavy atom. The van der Waals surface area contributed by atoms with Gasteiger partial charge in [0, 0.05) is 15.2 Å². The predicted molar refractivity (Wildman–Crippen MR) is 67.7 cm³/mol. The van der Waals surface area contributed by atoms with E-state index in [1.165, 1.54) is 0 Å². The van der Waals surface area contributed by atoms with Crippen LogP contribution in [-0.2, 0) is 19.6 Å². The van der Waals surface area contributed by atoms with Gasteiger partial charge in [0.05, 0.1) is 12.0 Å². The molecule has 1 atom stereocenters. The molecule has 2 rings (SSSR count). The van der Waals surface area contributed by atoms with E-state index in [-0.39, 0.29) is 6.42 Å². The van der Waals surface area contributed by atoms with E-state index in [1.807, 2.05) is 6.07 Å². The highest BCUT2D eigenvalue weighted by atomic mass is 79.9. The number of hydrogen-bond donors (Lipinski definition) is 0. The van der Waals surface area contributed by atoms with E-state index >= 15 is 0 Å². The summed E-state index contributed by atoms with van der Waals surface area (Å²) in [7, 11) is 1.23. The summed E-state index contributed by atoms with van der Waals surface area (Å²) < 4.78 is 24.3. The van der Waals surface area contributed by atoms with Crippen molar-refractivity contribution in [2.24, 2.45) is 0 Å². The van der Waals surface area contributed by atoms with Crippen molar-refractivity contribution < 1.29 is 13.2 Å². The summed E-state index contributed by atoms with van der Waals surface area (Å²) in [5.74, 6) is -0.484. The molecule has 1 aliphatic heterocycles. The van der Waals surface area contributed by atoms with E-state index in [9.17, 15) is 13.2 Å². The fourth-order valence-corrected chi connectivity index (χ4v) is 4.07. The van der Waals surface area contributed by atoms with Gasteiger partial charge in [-0.2, -0.15) is 8.42 Å². The zero-order valence-corrected chi connectivity index (χ0v) is 12.0. The van der Waals surface area contributed by atoms with Gasteiger partial charge in [0.15, 0.2) is 0 Å². The van der Waals surface area contributed by atoms with Crippen molar-refractivity contribution >= 4 is 41.8 Å². The number of nitrogens with zero attached hydrogens (tertiary/aromatic N) is 1. The van der Waals surface area contributed by atoms with Gasteiger partial charge in [0.25, 0.3) is 0 Å². The molecule has 1 fully saturated rings. The van der Waals surface area contributed by atoms with Crippen molar-refractivity contribution in [2.75, 3.05) is 0 Å². The first kappa shape index (κ1) is 12.9. The largest absolute Gasteiger partial charge is 0.324 e. The van der Waals surface area contributed by atoms with Crippen LogP contribution in [0, 0.1) is 0 Å². The Kier molecular flexibility index (Phi) is 3.00. The zero-order valence-electron chi connectivity index (χ0n) is 8.85. The van der Waals surface area contributed by atoms with Crippen LogP contribution in [0.1, 0.15) is 18.9 Å². The fourth-order valence-electron chi connectivity index (χ4n) is 2.03. The number of carbonyl (C=O) groups excluding carboxylic acids is 1. The molecule has 0 aromatic heterocycles. The van der Waals surface area contributed by atoms with E-state index in [0.717, 1.165) is 14.3 Å². The van der Waals surface area contributed by atoms with Gasteiger partial charge >= 0.3 is 9.24 Å². The van der Waals surface area contributed by atoms with Gasteiger partial charge in [-0.05, 0) is 24.6 Å². The van der Waals surface area contributed by atoms with Crippen LogP contribution in [0.2, 0.25) is 0 Å². The first-order valence-electron chi connectivity index (χ1n) is 4.79. The minimum Gasteiger partial charge on any atom is -0.274 e. The van der Waals surface area contributed by atoms with Crippen LogP contribution in [-0.4, -0.2) is 18.6 Å². The topological polar surface area (TPSA) is 54.5 Å². The average Bonchev–Trinajstić information content (AvgIpc) is 2.13. The maximum absolute atomic E-state index is 11.4. The molecule has 1 aliphatic rings. The molecule has 1 aromatic carbocycles. The Hall–Kier alpha value is -0.590. The number of benzene rings is 1. The summed E-state index contributed by atoms with van der Waals surface area (Å²) in [5.41, 5.74) is -0.155. The van der Waals surface area contributed by atoms with Crippen molar-refractivity contribution in [3.05, 3.63) is 34.3 Å². The number of halogens is 2. The van der Waals surface area contributed by atoms with Gasteiger partial charge in [0.1, 0.15) is 0 Å². The molecular formula is C10H9BrClNO3S.